The summed E-state index contributed by atoms with van der Waals surface area (Å²) >= 11 is 10.6. The Hall–Kier alpha value is -1.50. The molecule has 4 rings (SSSR count). The Kier molecular flexibility index (Phi) is 8.11. The number of ether oxygens (including phenoxy) is 1. The Labute approximate surface area is 186 Å². The molecule has 3 heterocycles. The lowest BCUT2D eigenvalue weighted by Crippen LogP contribution is -2.28. The van der Waals surface area contributed by atoms with Crippen LogP contribution in [0.25, 0.3) is 0 Å². The summed E-state index contributed by atoms with van der Waals surface area (Å²) in [6, 6.07) is 4.96. The number of aromatic nitrogens is 2. The second kappa shape index (κ2) is 10.4. The maximum Gasteiger partial charge on any atom is 0.619 e. The fraction of sp³-hybridized carbons (Fsp3) is 0.412. The van der Waals surface area contributed by atoms with Crippen molar-refractivity contribution < 1.29 is 37.1 Å². The van der Waals surface area contributed by atoms with Gasteiger partial charge in [0, 0.05) is 10.6 Å². The van der Waals surface area contributed by atoms with Gasteiger partial charge in [0.15, 0.2) is 11.6 Å². The topological polar surface area (TPSA) is 104 Å². The molecule has 2 aliphatic heterocycles. The number of benzene rings is 1. The van der Waals surface area contributed by atoms with Crippen molar-refractivity contribution in [1.82, 2.24) is 9.55 Å². The number of rotatable bonds is 4. The van der Waals surface area contributed by atoms with E-state index in [1.165, 1.54) is 0 Å². The van der Waals surface area contributed by atoms with Gasteiger partial charge in [-0.3, -0.25) is 14.1 Å². The molecule has 0 aliphatic carbocycles. The summed E-state index contributed by atoms with van der Waals surface area (Å²) in [7, 11) is -2.59. The van der Waals surface area contributed by atoms with Gasteiger partial charge in [0.25, 0.3) is 0 Å². The monoisotopic (exact) mass is 499 g/mol. The molecule has 0 saturated carbocycles. The zero-order valence-electron chi connectivity index (χ0n) is 16.1. The summed E-state index contributed by atoms with van der Waals surface area (Å²) in [6.45, 7) is 0.0933. The van der Waals surface area contributed by atoms with Gasteiger partial charge < -0.3 is 4.74 Å². The van der Waals surface area contributed by atoms with Crippen LogP contribution in [0.5, 0.6) is 5.75 Å². The average Bonchev–Trinajstić information content (AvgIpc) is 3.19. The van der Waals surface area contributed by atoms with Gasteiger partial charge in [0.1, 0.15) is 24.1 Å². The number of H-pyrrole nitrogens is 1. The van der Waals surface area contributed by atoms with Crippen LogP contribution >= 0.6 is 32.0 Å². The first-order valence-electron chi connectivity index (χ1n) is 8.94. The highest BCUT2D eigenvalue weighted by Gasteiger charge is 2.51. The second-order valence-electron chi connectivity index (χ2n) is 6.47. The Morgan fingerprint density at radius 2 is 2.19 bits per heavy atom. The van der Waals surface area contributed by atoms with E-state index in [1.54, 1.807) is 18.2 Å². The molecule has 2 aromatic rings. The SMILES string of the molecule is COF.O=c1[nH]c(=S)c(F)cn1C1CCC(CO[P+]2(O)OCc3cc(Cl)ccc3O2)O1. The predicted molar refractivity (Wildman–Crippen MR) is 109 cm³/mol. The molecule has 31 heavy (non-hydrogen) atoms. The zero-order chi connectivity index (χ0) is 22.6. The number of halogens is 3. The van der Waals surface area contributed by atoms with E-state index in [0.717, 1.165) is 17.9 Å². The lowest BCUT2D eigenvalue weighted by molar-refractivity contribution is -0.0960. The molecule has 1 saturated heterocycles. The van der Waals surface area contributed by atoms with Crippen LogP contribution in [0.1, 0.15) is 24.6 Å². The molecular weight excluding hydrogens is 481 g/mol. The molecule has 3 unspecified atom stereocenters. The van der Waals surface area contributed by atoms with Crippen LogP contribution < -0.4 is 10.2 Å². The first-order valence-corrected chi connectivity index (χ1v) is 11.2. The van der Waals surface area contributed by atoms with E-state index in [4.69, 9.17) is 42.1 Å². The predicted octanol–water partition coefficient (Wildman–Crippen LogP) is 4.19. The van der Waals surface area contributed by atoms with Gasteiger partial charge in [-0.25, -0.2) is 9.18 Å². The first kappa shape index (κ1) is 24.1. The second-order valence-corrected chi connectivity index (χ2v) is 8.95. The Morgan fingerprint density at radius 1 is 1.45 bits per heavy atom. The lowest BCUT2D eigenvalue weighted by atomic mass is 10.2. The number of nitrogens with zero attached hydrogens (tertiary/aromatic N) is 1. The van der Waals surface area contributed by atoms with Crippen molar-refractivity contribution in [2.75, 3.05) is 13.7 Å². The van der Waals surface area contributed by atoms with Crippen LogP contribution in [0.3, 0.4) is 0 Å². The van der Waals surface area contributed by atoms with Crippen LogP contribution in [0, 0.1) is 10.5 Å². The van der Waals surface area contributed by atoms with Gasteiger partial charge in [-0.15, -0.1) is 9.05 Å². The first-order chi connectivity index (χ1) is 14.7. The Morgan fingerprint density at radius 3 is 2.94 bits per heavy atom. The van der Waals surface area contributed by atoms with E-state index in [9.17, 15) is 18.6 Å². The van der Waals surface area contributed by atoms with E-state index < -0.39 is 32.0 Å². The summed E-state index contributed by atoms with van der Waals surface area (Å²) < 4.78 is 46.4. The number of aromatic amines is 1. The molecule has 0 amide bonds. The van der Waals surface area contributed by atoms with Crippen molar-refractivity contribution in [3.05, 3.63) is 55.9 Å². The van der Waals surface area contributed by atoms with Crippen molar-refractivity contribution >= 4 is 32.0 Å². The van der Waals surface area contributed by atoms with Gasteiger partial charge in [-0.1, -0.05) is 23.8 Å². The minimum atomic E-state index is -3.55. The molecule has 170 valence electrons. The number of fused-ring (bicyclic) bond motifs is 1. The van der Waals surface area contributed by atoms with E-state index >= 15 is 0 Å². The van der Waals surface area contributed by atoms with E-state index in [2.05, 4.69) is 9.93 Å². The summed E-state index contributed by atoms with van der Waals surface area (Å²) in [5.41, 5.74) is 0.152. The highest BCUT2D eigenvalue weighted by molar-refractivity contribution is 7.71. The van der Waals surface area contributed by atoms with E-state index in [-0.39, 0.29) is 17.9 Å². The fourth-order valence-corrected chi connectivity index (χ4v) is 4.58. The number of hydrogen-bond donors (Lipinski definition) is 2. The Balaban J connectivity index is 0.000000858. The van der Waals surface area contributed by atoms with Crippen LogP contribution in [0.4, 0.5) is 8.92 Å². The number of hydrogen-bond acceptors (Lipinski definition) is 8. The molecule has 0 bridgehead atoms. The molecule has 2 aliphatic rings. The van der Waals surface area contributed by atoms with Crippen LogP contribution in [0.2, 0.25) is 5.02 Å². The molecule has 14 heteroatoms. The third kappa shape index (κ3) is 6.05. The fourth-order valence-electron chi connectivity index (χ4n) is 2.98. The van der Waals surface area contributed by atoms with Crippen molar-refractivity contribution in [3.63, 3.8) is 0 Å². The third-order valence-corrected chi connectivity index (χ3v) is 6.25. The highest BCUT2D eigenvalue weighted by Crippen LogP contribution is 2.61. The molecule has 3 atom stereocenters. The minimum absolute atomic E-state index is 0.0102. The minimum Gasteiger partial charge on any atom is -0.352 e. The van der Waals surface area contributed by atoms with Gasteiger partial charge in [-0.05, 0) is 35.6 Å². The number of nitrogens with one attached hydrogen (secondary N) is 1. The lowest BCUT2D eigenvalue weighted by Gasteiger charge is -2.22. The highest BCUT2D eigenvalue weighted by atomic mass is 35.5. The zero-order valence-corrected chi connectivity index (χ0v) is 18.6. The summed E-state index contributed by atoms with van der Waals surface area (Å²) in [5.74, 6) is -0.265. The molecule has 9 nitrogen and oxygen atoms in total. The van der Waals surface area contributed by atoms with Crippen molar-refractivity contribution in [1.29, 1.82) is 0 Å². The van der Waals surface area contributed by atoms with Crippen LogP contribution in [-0.4, -0.2) is 34.3 Å². The smallest absolute Gasteiger partial charge is 0.352 e. The molecule has 1 aromatic carbocycles. The molecular formula is C17H19ClF2N2O7PS+. The van der Waals surface area contributed by atoms with Crippen molar-refractivity contribution in [3.8, 4) is 5.75 Å². The normalized spacial score (nSPS) is 24.7. The summed E-state index contributed by atoms with van der Waals surface area (Å²) in [4.78, 5) is 27.4. The maximum atomic E-state index is 13.7. The van der Waals surface area contributed by atoms with Gasteiger partial charge in [-0.2, -0.15) is 9.83 Å². The van der Waals surface area contributed by atoms with Crippen molar-refractivity contribution in [2.45, 2.75) is 31.8 Å². The summed E-state index contributed by atoms with van der Waals surface area (Å²) in [6.07, 6.45) is 0.946. The maximum absolute atomic E-state index is 13.7. The largest absolute Gasteiger partial charge is 0.619 e. The Bertz CT molecular complexity index is 1040. The van der Waals surface area contributed by atoms with Crippen LogP contribution in [-0.2, 0) is 25.3 Å². The third-order valence-electron chi connectivity index (χ3n) is 4.36. The molecule has 0 spiro atoms. The van der Waals surface area contributed by atoms with E-state index in [1.807, 2.05) is 0 Å². The molecule has 0 radical (unpaired) electrons. The molecule has 1 fully saturated rings. The van der Waals surface area contributed by atoms with E-state index in [0.29, 0.717) is 29.2 Å². The molecule has 2 N–H and O–H groups in total. The quantitative estimate of drug-likeness (QED) is 0.477. The molecule has 1 aromatic heterocycles. The van der Waals surface area contributed by atoms with Gasteiger partial charge in [0.2, 0.25) is 0 Å². The van der Waals surface area contributed by atoms with Crippen LogP contribution in [0.15, 0.2) is 29.2 Å². The van der Waals surface area contributed by atoms with Gasteiger partial charge in [0.05, 0.1) is 19.4 Å². The standard InChI is InChI=1S/C16H15ClFN2O6PS.CH3FO/c17-10-1-3-13-9(5-10)7-23-27(22,26-13)24-8-11-2-4-14(25-11)20-6-12(18)15(28)19-16(20)21;1-3-2/h1,3,5-6,11,14,22H,2,4,7-8H2;1H3/p+1. The van der Waals surface area contributed by atoms with Crippen molar-refractivity contribution in [2.24, 2.45) is 0 Å². The van der Waals surface area contributed by atoms with Gasteiger partial charge >= 0.3 is 13.9 Å². The average molecular weight is 500 g/mol. The summed E-state index contributed by atoms with van der Waals surface area (Å²) in [5, 5.41) is 0.536.